The summed E-state index contributed by atoms with van der Waals surface area (Å²) >= 11 is 0. The summed E-state index contributed by atoms with van der Waals surface area (Å²) in [5, 5.41) is 2.97. The third-order valence-electron chi connectivity index (χ3n) is 2.01. The van der Waals surface area contributed by atoms with Crippen LogP contribution in [0.5, 0.6) is 0 Å². The molecule has 0 aliphatic carbocycles. The maximum absolute atomic E-state index is 11.6. The lowest BCUT2D eigenvalue weighted by Crippen LogP contribution is -2.50. The van der Waals surface area contributed by atoms with Gasteiger partial charge in [-0.05, 0) is 19.1 Å². The summed E-state index contributed by atoms with van der Waals surface area (Å²) in [7, 11) is 0. The smallest absolute Gasteiger partial charge is 0.436 e. The van der Waals surface area contributed by atoms with Crippen molar-refractivity contribution in [1.82, 2.24) is 10.4 Å². The number of carbonyl (C=O) groups is 3. The predicted molar refractivity (Wildman–Crippen MR) is 68.1 cm³/mol. The van der Waals surface area contributed by atoms with Crippen molar-refractivity contribution in [3.63, 3.8) is 0 Å². The van der Waals surface area contributed by atoms with E-state index in [1.165, 1.54) is 0 Å². The first-order chi connectivity index (χ1) is 9.04. The molecule has 0 heterocycles. The van der Waals surface area contributed by atoms with Gasteiger partial charge in [-0.1, -0.05) is 18.2 Å². The van der Waals surface area contributed by atoms with Gasteiger partial charge in [-0.2, -0.15) is 5.01 Å². The minimum Gasteiger partial charge on any atom is -0.448 e. The first-order valence-corrected chi connectivity index (χ1v) is 5.64. The zero-order valence-electron chi connectivity index (χ0n) is 10.7. The zero-order valence-corrected chi connectivity index (χ0v) is 10.7. The van der Waals surface area contributed by atoms with E-state index in [-0.39, 0.29) is 6.61 Å². The molecule has 19 heavy (non-hydrogen) atoms. The molecule has 7 nitrogen and oxygen atoms in total. The molecular weight excluding hydrogens is 250 g/mol. The van der Waals surface area contributed by atoms with Crippen molar-refractivity contribution in [2.75, 3.05) is 11.9 Å². The minimum absolute atomic E-state index is 0.102. The Morgan fingerprint density at radius 3 is 2.37 bits per heavy atom. The second kappa shape index (κ2) is 7.00. The Labute approximate surface area is 110 Å². The second-order valence-corrected chi connectivity index (χ2v) is 3.49. The third kappa shape index (κ3) is 4.66. The number of nitrogens with one attached hydrogen (secondary N) is 2. The van der Waals surface area contributed by atoms with E-state index in [1.807, 2.05) is 0 Å². The van der Waals surface area contributed by atoms with Crippen LogP contribution >= 0.6 is 0 Å². The van der Waals surface area contributed by atoms with Crippen LogP contribution in [0, 0.1) is 0 Å². The highest BCUT2D eigenvalue weighted by Gasteiger charge is 2.21. The number of benzene rings is 1. The van der Waals surface area contributed by atoms with Gasteiger partial charge in [-0.3, -0.25) is 4.79 Å². The van der Waals surface area contributed by atoms with Gasteiger partial charge >= 0.3 is 12.1 Å². The monoisotopic (exact) mass is 265 g/mol. The number of rotatable bonds is 2. The molecule has 0 radical (unpaired) electrons. The molecule has 0 aliphatic heterocycles. The fraction of sp³-hybridized carbons (Fsp3) is 0.250. The molecule has 1 rings (SSSR count). The van der Waals surface area contributed by atoms with E-state index in [0.717, 1.165) is 6.92 Å². The van der Waals surface area contributed by atoms with Crippen molar-refractivity contribution in [1.29, 1.82) is 0 Å². The fourth-order valence-electron chi connectivity index (χ4n) is 1.22. The Morgan fingerprint density at radius 1 is 1.21 bits per heavy atom. The number of amides is 4. The maximum Gasteiger partial charge on any atom is 0.436 e. The quantitative estimate of drug-likeness (QED) is 0.797. The van der Waals surface area contributed by atoms with Crippen LogP contribution in [-0.2, 0) is 9.53 Å². The lowest BCUT2D eigenvalue weighted by molar-refractivity contribution is -0.129. The molecule has 1 aromatic rings. The predicted octanol–water partition coefficient (Wildman–Crippen LogP) is 1.73. The number of imide groups is 1. The summed E-state index contributed by atoms with van der Waals surface area (Å²) in [4.78, 5) is 34.3. The fourth-order valence-corrected chi connectivity index (χ4v) is 1.22. The summed E-state index contributed by atoms with van der Waals surface area (Å²) < 4.78 is 4.64. The van der Waals surface area contributed by atoms with Gasteiger partial charge in [-0.15, -0.1) is 0 Å². The highest BCUT2D eigenvalue weighted by atomic mass is 16.6. The average Bonchev–Trinajstić information content (AvgIpc) is 2.37. The highest BCUT2D eigenvalue weighted by Crippen LogP contribution is 2.04. The van der Waals surface area contributed by atoms with Gasteiger partial charge in [0, 0.05) is 12.6 Å². The number of hydrogen-bond donors (Lipinski definition) is 2. The number of urea groups is 1. The largest absolute Gasteiger partial charge is 0.448 e. The molecule has 0 bridgehead atoms. The van der Waals surface area contributed by atoms with Crippen LogP contribution in [0.1, 0.15) is 13.8 Å². The van der Waals surface area contributed by atoms with Crippen LogP contribution in [0.3, 0.4) is 0 Å². The number of carbonyl (C=O) groups excluding carboxylic acids is 3. The Hall–Kier alpha value is -2.57. The van der Waals surface area contributed by atoms with E-state index in [2.05, 4.69) is 15.5 Å². The van der Waals surface area contributed by atoms with Crippen LogP contribution in [0.15, 0.2) is 30.3 Å². The lowest BCUT2D eigenvalue weighted by Gasteiger charge is -2.19. The van der Waals surface area contributed by atoms with Crippen LogP contribution in [-0.4, -0.2) is 29.6 Å². The van der Waals surface area contributed by atoms with E-state index in [9.17, 15) is 14.4 Å². The van der Waals surface area contributed by atoms with E-state index in [0.29, 0.717) is 10.7 Å². The topological polar surface area (TPSA) is 87.7 Å². The standard InChI is InChI=1S/C12H15N3O4/c1-3-19-12(18)15(9(2)16)14-11(17)13-10-7-5-4-6-8-10/h4-8H,3H2,1-2H3,(H2,13,14,17). The maximum atomic E-state index is 11.6. The number of nitrogens with zero attached hydrogens (tertiary/aromatic N) is 1. The molecule has 0 aliphatic rings. The molecule has 0 spiro atoms. The summed E-state index contributed by atoms with van der Waals surface area (Å²) in [5.74, 6) is -0.651. The van der Waals surface area contributed by atoms with Gasteiger partial charge < -0.3 is 10.1 Å². The minimum atomic E-state index is -0.932. The Kier molecular flexibility index (Phi) is 5.34. The molecule has 0 unspecified atom stereocenters. The molecule has 7 heteroatoms. The summed E-state index contributed by atoms with van der Waals surface area (Å²) in [6, 6.07) is 7.90. The average molecular weight is 265 g/mol. The number of hydrogen-bond acceptors (Lipinski definition) is 4. The summed E-state index contributed by atoms with van der Waals surface area (Å²) in [5.41, 5.74) is 2.64. The van der Waals surface area contributed by atoms with E-state index in [4.69, 9.17) is 0 Å². The van der Waals surface area contributed by atoms with Crippen LogP contribution in [0.25, 0.3) is 0 Å². The molecule has 1 aromatic carbocycles. The molecule has 0 fully saturated rings. The van der Waals surface area contributed by atoms with Crippen molar-refractivity contribution in [3.05, 3.63) is 30.3 Å². The first kappa shape index (κ1) is 14.5. The van der Waals surface area contributed by atoms with Gasteiger partial charge in [0.1, 0.15) is 0 Å². The Morgan fingerprint density at radius 2 is 1.84 bits per heavy atom. The van der Waals surface area contributed by atoms with Gasteiger partial charge in [0.2, 0.25) is 5.91 Å². The zero-order chi connectivity index (χ0) is 14.3. The van der Waals surface area contributed by atoms with Crippen LogP contribution in [0.4, 0.5) is 15.3 Å². The van der Waals surface area contributed by atoms with Crippen molar-refractivity contribution < 1.29 is 19.1 Å². The van der Waals surface area contributed by atoms with Gasteiger partial charge in [0.25, 0.3) is 0 Å². The number of anilines is 1. The van der Waals surface area contributed by atoms with Gasteiger partial charge in [-0.25, -0.2) is 15.0 Å². The molecule has 0 saturated carbocycles. The number of para-hydroxylation sites is 1. The molecule has 102 valence electrons. The van der Waals surface area contributed by atoms with E-state index < -0.39 is 18.0 Å². The van der Waals surface area contributed by atoms with Crippen molar-refractivity contribution in [3.8, 4) is 0 Å². The van der Waals surface area contributed by atoms with E-state index in [1.54, 1.807) is 37.3 Å². The molecule has 2 N–H and O–H groups in total. The second-order valence-electron chi connectivity index (χ2n) is 3.49. The Bertz CT molecular complexity index is 461. The Balaban J connectivity index is 2.62. The molecule has 4 amide bonds. The van der Waals surface area contributed by atoms with Gasteiger partial charge in [0.15, 0.2) is 0 Å². The third-order valence-corrected chi connectivity index (χ3v) is 2.01. The number of ether oxygens (including phenoxy) is 1. The molecular formula is C12H15N3O4. The summed E-state index contributed by atoms with van der Waals surface area (Å²) in [6.45, 7) is 2.84. The van der Waals surface area contributed by atoms with Crippen molar-refractivity contribution in [2.24, 2.45) is 0 Å². The van der Waals surface area contributed by atoms with Crippen LogP contribution in [0.2, 0.25) is 0 Å². The first-order valence-electron chi connectivity index (χ1n) is 5.64. The molecule has 0 atom stereocenters. The lowest BCUT2D eigenvalue weighted by atomic mass is 10.3. The van der Waals surface area contributed by atoms with Gasteiger partial charge in [0.05, 0.1) is 6.61 Å². The van der Waals surface area contributed by atoms with Crippen LogP contribution < -0.4 is 10.7 Å². The van der Waals surface area contributed by atoms with E-state index >= 15 is 0 Å². The molecule has 0 saturated heterocycles. The van der Waals surface area contributed by atoms with Crippen molar-refractivity contribution in [2.45, 2.75) is 13.8 Å². The molecule has 0 aromatic heterocycles. The normalized spacial score (nSPS) is 9.37. The van der Waals surface area contributed by atoms with Crippen molar-refractivity contribution >= 4 is 23.7 Å². The highest BCUT2D eigenvalue weighted by molar-refractivity contribution is 5.96. The summed E-state index contributed by atoms with van der Waals surface area (Å²) in [6.07, 6.45) is -0.932. The number of hydrazine groups is 1. The SMILES string of the molecule is CCOC(=O)N(NC(=O)Nc1ccccc1)C(C)=O.